The molecule has 0 bridgehead atoms. The standard InChI is InChI=1S/C21H20F3N3O/c1-13-14(2)26(18-9-5-3-7-16(13)18)11-15(28)12-27-19-10-6-4-8-17(19)25-20(27)21(22,23)24/h3-10,15,28H,11-12H2,1-2H3/t15-/m0/s1. The predicted molar refractivity (Wildman–Crippen MR) is 102 cm³/mol. The topological polar surface area (TPSA) is 43.0 Å². The van der Waals surface area contributed by atoms with Gasteiger partial charge in [-0.3, -0.25) is 0 Å². The van der Waals surface area contributed by atoms with E-state index in [9.17, 15) is 18.3 Å². The van der Waals surface area contributed by atoms with Gasteiger partial charge in [-0.15, -0.1) is 0 Å². The highest BCUT2D eigenvalue weighted by Crippen LogP contribution is 2.32. The van der Waals surface area contributed by atoms with Gasteiger partial charge in [0.25, 0.3) is 0 Å². The third kappa shape index (κ3) is 3.05. The summed E-state index contributed by atoms with van der Waals surface area (Å²) in [6.45, 7) is 3.96. The molecule has 0 aliphatic rings. The highest BCUT2D eigenvalue weighted by molar-refractivity contribution is 5.85. The van der Waals surface area contributed by atoms with Crippen LogP contribution < -0.4 is 0 Å². The SMILES string of the molecule is Cc1c(C)n(C[C@H](O)Cn2c(C(F)(F)F)nc3ccccc32)c2ccccc12. The van der Waals surface area contributed by atoms with Gasteiger partial charge in [0.05, 0.1) is 30.2 Å². The molecule has 4 aromatic rings. The molecule has 0 unspecified atom stereocenters. The van der Waals surface area contributed by atoms with Gasteiger partial charge in [0.15, 0.2) is 0 Å². The minimum Gasteiger partial charge on any atom is -0.389 e. The van der Waals surface area contributed by atoms with E-state index < -0.39 is 18.1 Å². The summed E-state index contributed by atoms with van der Waals surface area (Å²) >= 11 is 0. The average Bonchev–Trinajstić information content (AvgIpc) is 3.14. The van der Waals surface area contributed by atoms with Gasteiger partial charge in [-0.25, -0.2) is 4.98 Å². The molecule has 4 nitrogen and oxygen atoms in total. The third-order valence-corrected chi connectivity index (χ3v) is 5.24. The molecule has 0 spiro atoms. The molecule has 7 heteroatoms. The molecule has 1 atom stereocenters. The first kappa shape index (κ1) is 18.6. The van der Waals surface area contributed by atoms with E-state index in [0.717, 1.165) is 26.7 Å². The van der Waals surface area contributed by atoms with E-state index in [1.807, 2.05) is 42.7 Å². The fourth-order valence-corrected chi connectivity index (χ4v) is 3.80. The lowest BCUT2D eigenvalue weighted by Crippen LogP contribution is -2.26. The minimum atomic E-state index is -4.59. The Bertz CT molecular complexity index is 1160. The van der Waals surface area contributed by atoms with Crippen molar-refractivity contribution in [2.75, 3.05) is 0 Å². The first-order chi connectivity index (χ1) is 13.3. The molecule has 0 aliphatic carbocycles. The van der Waals surface area contributed by atoms with Gasteiger partial charge < -0.3 is 14.2 Å². The Kier molecular flexibility index (Phi) is 4.42. The van der Waals surface area contributed by atoms with Crippen molar-refractivity contribution >= 4 is 21.9 Å². The number of hydrogen-bond donors (Lipinski definition) is 1. The van der Waals surface area contributed by atoms with Crippen molar-refractivity contribution in [2.45, 2.75) is 39.2 Å². The van der Waals surface area contributed by atoms with E-state index >= 15 is 0 Å². The van der Waals surface area contributed by atoms with E-state index in [-0.39, 0.29) is 18.6 Å². The summed E-state index contributed by atoms with van der Waals surface area (Å²) in [5.74, 6) is -0.988. The quantitative estimate of drug-likeness (QED) is 0.552. The normalized spacial score (nSPS) is 13.5. The third-order valence-electron chi connectivity index (χ3n) is 5.24. The van der Waals surface area contributed by atoms with Crippen LogP contribution >= 0.6 is 0 Å². The molecule has 2 aromatic heterocycles. The molecular weight excluding hydrogens is 367 g/mol. The van der Waals surface area contributed by atoms with Crippen LogP contribution in [0.25, 0.3) is 21.9 Å². The number of aliphatic hydroxyl groups excluding tert-OH is 1. The van der Waals surface area contributed by atoms with Crippen LogP contribution in [0.5, 0.6) is 0 Å². The number of fused-ring (bicyclic) bond motifs is 2. The highest BCUT2D eigenvalue weighted by atomic mass is 19.4. The van der Waals surface area contributed by atoms with Crippen molar-refractivity contribution in [3.63, 3.8) is 0 Å². The van der Waals surface area contributed by atoms with Gasteiger partial charge in [-0.2, -0.15) is 13.2 Å². The van der Waals surface area contributed by atoms with E-state index in [1.54, 1.807) is 24.3 Å². The fourth-order valence-electron chi connectivity index (χ4n) is 3.80. The zero-order chi connectivity index (χ0) is 20.1. The first-order valence-corrected chi connectivity index (χ1v) is 9.02. The largest absolute Gasteiger partial charge is 0.449 e. The lowest BCUT2D eigenvalue weighted by Gasteiger charge is -2.18. The van der Waals surface area contributed by atoms with Crippen LogP contribution in [-0.4, -0.2) is 25.3 Å². The Morgan fingerprint density at radius 3 is 2.25 bits per heavy atom. The summed E-state index contributed by atoms with van der Waals surface area (Å²) in [7, 11) is 0. The van der Waals surface area contributed by atoms with Gasteiger partial charge in [0.1, 0.15) is 0 Å². The number of rotatable bonds is 4. The number of hydrogen-bond acceptors (Lipinski definition) is 2. The monoisotopic (exact) mass is 387 g/mol. The maximum absolute atomic E-state index is 13.5. The number of imidazole rings is 1. The zero-order valence-electron chi connectivity index (χ0n) is 15.5. The number of alkyl halides is 3. The van der Waals surface area contributed by atoms with Crippen LogP contribution in [-0.2, 0) is 19.3 Å². The molecule has 1 N–H and O–H groups in total. The Morgan fingerprint density at radius 1 is 0.929 bits per heavy atom. The molecule has 0 saturated heterocycles. The van der Waals surface area contributed by atoms with Crippen LogP contribution in [0.4, 0.5) is 13.2 Å². The maximum atomic E-state index is 13.5. The second-order valence-electron chi connectivity index (χ2n) is 7.02. The van der Waals surface area contributed by atoms with Crippen LogP contribution in [0, 0.1) is 13.8 Å². The van der Waals surface area contributed by atoms with Gasteiger partial charge in [0.2, 0.25) is 5.82 Å². The molecule has 0 fully saturated rings. The van der Waals surface area contributed by atoms with Crippen molar-refractivity contribution in [3.8, 4) is 0 Å². The summed E-state index contributed by atoms with van der Waals surface area (Å²) in [6, 6.07) is 14.3. The number of nitrogens with zero attached hydrogens (tertiary/aromatic N) is 3. The molecule has 146 valence electrons. The minimum absolute atomic E-state index is 0.194. The van der Waals surface area contributed by atoms with Gasteiger partial charge in [0, 0.05) is 16.6 Å². The summed E-state index contributed by atoms with van der Waals surface area (Å²) in [4.78, 5) is 3.74. The summed E-state index contributed by atoms with van der Waals surface area (Å²) in [5, 5.41) is 11.8. The molecule has 2 heterocycles. The van der Waals surface area contributed by atoms with Crippen molar-refractivity contribution in [2.24, 2.45) is 0 Å². The molecule has 0 amide bonds. The number of aromatic nitrogens is 3. The summed E-state index contributed by atoms with van der Waals surface area (Å²) in [6.07, 6.45) is -5.60. The smallest absolute Gasteiger partial charge is 0.389 e. The zero-order valence-corrected chi connectivity index (χ0v) is 15.5. The maximum Gasteiger partial charge on any atom is 0.449 e. The second kappa shape index (κ2) is 6.67. The van der Waals surface area contributed by atoms with Crippen LogP contribution in [0.3, 0.4) is 0 Å². The number of aryl methyl sites for hydroxylation is 1. The van der Waals surface area contributed by atoms with Gasteiger partial charge >= 0.3 is 6.18 Å². The Morgan fingerprint density at radius 2 is 1.54 bits per heavy atom. The molecule has 0 radical (unpaired) electrons. The van der Waals surface area contributed by atoms with Crippen molar-refractivity contribution in [1.29, 1.82) is 0 Å². The highest BCUT2D eigenvalue weighted by Gasteiger charge is 2.38. The second-order valence-corrected chi connectivity index (χ2v) is 7.02. The number of para-hydroxylation sites is 3. The summed E-state index contributed by atoms with van der Waals surface area (Å²) < 4.78 is 43.4. The van der Waals surface area contributed by atoms with E-state index in [0.29, 0.717) is 5.52 Å². The number of aliphatic hydroxyl groups is 1. The first-order valence-electron chi connectivity index (χ1n) is 9.02. The van der Waals surface area contributed by atoms with Crippen molar-refractivity contribution in [1.82, 2.24) is 14.1 Å². The van der Waals surface area contributed by atoms with Crippen LogP contribution in [0.2, 0.25) is 0 Å². The van der Waals surface area contributed by atoms with E-state index in [4.69, 9.17) is 0 Å². The lowest BCUT2D eigenvalue weighted by atomic mass is 10.2. The average molecular weight is 387 g/mol. The van der Waals surface area contributed by atoms with E-state index in [1.165, 1.54) is 0 Å². The Labute approximate surface area is 159 Å². The van der Waals surface area contributed by atoms with Gasteiger partial charge in [-0.05, 0) is 37.6 Å². The van der Waals surface area contributed by atoms with Gasteiger partial charge in [-0.1, -0.05) is 30.3 Å². The molecule has 0 saturated carbocycles. The Balaban J connectivity index is 1.71. The number of halogens is 3. The van der Waals surface area contributed by atoms with E-state index in [2.05, 4.69) is 4.98 Å². The van der Waals surface area contributed by atoms with Crippen molar-refractivity contribution < 1.29 is 18.3 Å². The molecule has 0 aliphatic heterocycles. The summed E-state index contributed by atoms with van der Waals surface area (Å²) in [5.41, 5.74) is 3.68. The molecule has 28 heavy (non-hydrogen) atoms. The molecular formula is C21H20F3N3O. The number of benzene rings is 2. The Hall–Kier alpha value is -2.80. The fraction of sp³-hybridized carbons (Fsp3) is 0.286. The lowest BCUT2D eigenvalue weighted by molar-refractivity contribution is -0.147. The van der Waals surface area contributed by atoms with Crippen molar-refractivity contribution in [3.05, 3.63) is 65.6 Å². The van der Waals surface area contributed by atoms with Crippen LogP contribution in [0.15, 0.2) is 48.5 Å². The van der Waals surface area contributed by atoms with Crippen LogP contribution in [0.1, 0.15) is 17.1 Å². The molecule has 2 aromatic carbocycles. The predicted octanol–water partition coefficient (Wildman–Crippen LogP) is 4.69. The molecule has 4 rings (SSSR count).